The molecule has 0 unspecified atom stereocenters. The summed E-state index contributed by atoms with van der Waals surface area (Å²) in [5.41, 5.74) is 3.62. The average molecular weight is 197 g/mol. The van der Waals surface area contributed by atoms with Crippen LogP contribution in [0.1, 0.15) is 25.7 Å². The summed E-state index contributed by atoms with van der Waals surface area (Å²) in [6.07, 6.45) is -3.70. The van der Waals surface area contributed by atoms with Crippen molar-refractivity contribution < 1.29 is 18.3 Å². The van der Waals surface area contributed by atoms with Crippen LogP contribution in [-0.2, 0) is 0 Å². The van der Waals surface area contributed by atoms with E-state index in [-0.39, 0.29) is 18.9 Å². The van der Waals surface area contributed by atoms with Crippen LogP contribution in [0.15, 0.2) is 0 Å². The molecule has 1 fully saturated rings. The Kier molecular flexibility index (Phi) is 2.87. The highest BCUT2D eigenvalue weighted by Gasteiger charge is 2.54. The molecule has 0 aromatic heterocycles. The number of aliphatic hydroxyl groups excluding tert-OH is 1. The summed E-state index contributed by atoms with van der Waals surface area (Å²) in [4.78, 5) is 0. The number of alkyl halides is 3. The maximum atomic E-state index is 12.5. The fourth-order valence-electron chi connectivity index (χ4n) is 1.72. The fourth-order valence-corrected chi connectivity index (χ4v) is 1.72. The molecule has 2 nitrogen and oxygen atoms in total. The van der Waals surface area contributed by atoms with Gasteiger partial charge in [-0.2, -0.15) is 13.2 Å². The molecular formula is C8H14F3NO. The molecule has 0 atom stereocenters. The molecule has 3 N–H and O–H groups in total. The maximum absolute atomic E-state index is 12.5. The minimum Gasteiger partial charge on any atom is -0.395 e. The third-order valence-electron chi connectivity index (χ3n) is 2.89. The summed E-state index contributed by atoms with van der Waals surface area (Å²) >= 11 is 0. The van der Waals surface area contributed by atoms with Gasteiger partial charge in [-0.3, -0.25) is 0 Å². The van der Waals surface area contributed by atoms with Crippen LogP contribution in [-0.4, -0.2) is 23.9 Å². The Morgan fingerprint density at radius 3 is 2.08 bits per heavy atom. The van der Waals surface area contributed by atoms with E-state index in [1.807, 2.05) is 0 Å². The van der Waals surface area contributed by atoms with Gasteiger partial charge in [-0.15, -0.1) is 0 Å². The van der Waals surface area contributed by atoms with Gasteiger partial charge in [0.1, 0.15) is 0 Å². The summed E-state index contributed by atoms with van der Waals surface area (Å²) in [5.74, 6) is 0. The second kappa shape index (κ2) is 3.46. The highest BCUT2D eigenvalue weighted by Crippen LogP contribution is 2.48. The molecule has 1 aliphatic rings. The molecule has 0 amide bonds. The van der Waals surface area contributed by atoms with Gasteiger partial charge in [0.15, 0.2) is 0 Å². The minimum absolute atomic E-state index is 0.0475. The molecule has 1 rings (SSSR count). The van der Waals surface area contributed by atoms with Crippen LogP contribution >= 0.6 is 0 Å². The van der Waals surface area contributed by atoms with Gasteiger partial charge < -0.3 is 10.8 Å². The lowest BCUT2D eigenvalue weighted by Crippen LogP contribution is -2.46. The Hall–Kier alpha value is -0.290. The molecule has 0 heterocycles. The van der Waals surface area contributed by atoms with Gasteiger partial charge >= 0.3 is 6.18 Å². The minimum atomic E-state index is -4.30. The molecule has 0 spiro atoms. The number of aliphatic hydroxyl groups is 1. The van der Waals surface area contributed by atoms with E-state index in [4.69, 9.17) is 10.8 Å². The first-order valence-corrected chi connectivity index (χ1v) is 4.34. The summed E-state index contributed by atoms with van der Waals surface area (Å²) in [5, 5.41) is 8.80. The molecule has 5 heteroatoms. The molecule has 0 aromatic rings. The Morgan fingerprint density at radius 1 is 1.31 bits per heavy atom. The second-order valence-electron chi connectivity index (χ2n) is 3.77. The lowest BCUT2D eigenvalue weighted by atomic mass is 9.72. The molecule has 0 radical (unpaired) electrons. The standard InChI is InChI=1S/C8H14F3NO/c9-8(10,11)7(5-13)3-1-6(12)2-4-7/h6,13H,1-5,12H2. The molecule has 1 aliphatic carbocycles. The molecule has 13 heavy (non-hydrogen) atoms. The van der Waals surface area contributed by atoms with Crippen molar-refractivity contribution in [2.45, 2.75) is 37.9 Å². The third-order valence-corrected chi connectivity index (χ3v) is 2.89. The fraction of sp³-hybridized carbons (Fsp3) is 1.00. The first kappa shape index (κ1) is 10.8. The molecular weight excluding hydrogens is 183 g/mol. The monoisotopic (exact) mass is 197 g/mol. The van der Waals surface area contributed by atoms with Crippen molar-refractivity contribution in [1.29, 1.82) is 0 Å². The number of nitrogens with two attached hydrogens (primary N) is 1. The predicted octanol–water partition coefficient (Wildman–Crippen LogP) is 1.43. The summed E-state index contributed by atoms with van der Waals surface area (Å²) < 4.78 is 37.6. The van der Waals surface area contributed by atoms with Gasteiger partial charge in [0.25, 0.3) is 0 Å². The van der Waals surface area contributed by atoms with E-state index in [9.17, 15) is 13.2 Å². The lowest BCUT2D eigenvalue weighted by Gasteiger charge is -2.39. The van der Waals surface area contributed by atoms with E-state index in [1.165, 1.54) is 0 Å². The van der Waals surface area contributed by atoms with Gasteiger partial charge in [0.05, 0.1) is 12.0 Å². The molecule has 0 saturated heterocycles. The molecule has 1 saturated carbocycles. The van der Waals surface area contributed by atoms with Crippen LogP contribution in [0.4, 0.5) is 13.2 Å². The molecule has 78 valence electrons. The van der Waals surface area contributed by atoms with Gasteiger partial charge in [-0.05, 0) is 25.7 Å². The topological polar surface area (TPSA) is 46.2 Å². The number of halogens is 3. The van der Waals surface area contributed by atoms with Crippen molar-refractivity contribution >= 4 is 0 Å². The SMILES string of the molecule is NC1CCC(CO)(C(F)(F)F)CC1. The molecule has 0 aromatic carbocycles. The Balaban J connectivity index is 2.72. The van der Waals surface area contributed by atoms with Crippen LogP contribution in [0.25, 0.3) is 0 Å². The van der Waals surface area contributed by atoms with Crippen molar-refractivity contribution in [3.05, 3.63) is 0 Å². The summed E-state index contributed by atoms with van der Waals surface area (Å²) in [7, 11) is 0. The van der Waals surface area contributed by atoms with Crippen molar-refractivity contribution in [2.24, 2.45) is 11.1 Å². The van der Waals surface area contributed by atoms with Crippen LogP contribution < -0.4 is 5.73 Å². The highest BCUT2D eigenvalue weighted by atomic mass is 19.4. The van der Waals surface area contributed by atoms with Gasteiger partial charge in [-0.25, -0.2) is 0 Å². The predicted molar refractivity (Wildman–Crippen MR) is 42.0 cm³/mol. The number of hydrogen-bond donors (Lipinski definition) is 2. The zero-order valence-corrected chi connectivity index (χ0v) is 7.27. The van der Waals surface area contributed by atoms with Crippen molar-refractivity contribution in [1.82, 2.24) is 0 Å². The van der Waals surface area contributed by atoms with Crippen LogP contribution in [0.5, 0.6) is 0 Å². The normalized spacial score (nSPS) is 36.2. The van der Waals surface area contributed by atoms with Crippen molar-refractivity contribution in [3.63, 3.8) is 0 Å². The molecule has 0 aliphatic heterocycles. The average Bonchev–Trinajstić information content (AvgIpc) is 2.04. The second-order valence-corrected chi connectivity index (χ2v) is 3.77. The lowest BCUT2D eigenvalue weighted by molar-refractivity contribution is -0.246. The van der Waals surface area contributed by atoms with E-state index >= 15 is 0 Å². The summed E-state index contributed by atoms with van der Waals surface area (Å²) in [6, 6.07) is -0.137. The third kappa shape index (κ3) is 1.96. The first-order chi connectivity index (χ1) is 5.91. The maximum Gasteiger partial charge on any atom is 0.396 e. The van der Waals surface area contributed by atoms with Gasteiger partial charge in [0, 0.05) is 6.04 Å². The summed E-state index contributed by atoms with van der Waals surface area (Å²) in [6.45, 7) is -0.816. The van der Waals surface area contributed by atoms with E-state index in [0.717, 1.165) is 0 Å². The van der Waals surface area contributed by atoms with Crippen LogP contribution in [0.2, 0.25) is 0 Å². The van der Waals surface area contributed by atoms with Crippen molar-refractivity contribution in [2.75, 3.05) is 6.61 Å². The first-order valence-electron chi connectivity index (χ1n) is 4.34. The quantitative estimate of drug-likeness (QED) is 0.668. The smallest absolute Gasteiger partial charge is 0.395 e. The Morgan fingerprint density at radius 2 is 1.77 bits per heavy atom. The van der Waals surface area contributed by atoms with E-state index < -0.39 is 18.2 Å². The van der Waals surface area contributed by atoms with Gasteiger partial charge in [0.2, 0.25) is 0 Å². The number of hydrogen-bond acceptors (Lipinski definition) is 2. The Bertz CT molecular complexity index is 173. The molecule has 0 bridgehead atoms. The van der Waals surface area contributed by atoms with Crippen LogP contribution in [0, 0.1) is 5.41 Å². The number of rotatable bonds is 1. The van der Waals surface area contributed by atoms with E-state index in [1.54, 1.807) is 0 Å². The van der Waals surface area contributed by atoms with E-state index in [0.29, 0.717) is 12.8 Å². The highest BCUT2D eigenvalue weighted by molar-refractivity contribution is 4.91. The van der Waals surface area contributed by atoms with E-state index in [2.05, 4.69) is 0 Å². The van der Waals surface area contributed by atoms with Gasteiger partial charge in [-0.1, -0.05) is 0 Å². The largest absolute Gasteiger partial charge is 0.396 e. The zero-order valence-electron chi connectivity index (χ0n) is 7.27. The van der Waals surface area contributed by atoms with Crippen LogP contribution in [0.3, 0.4) is 0 Å². The van der Waals surface area contributed by atoms with Crippen molar-refractivity contribution in [3.8, 4) is 0 Å². The Labute approximate surface area is 74.9 Å². The zero-order chi connectivity index (χ0) is 10.1.